The first-order valence-corrected chi connectivity index (χ1v) is 2.55. The number of aliphatic hydroxyl groups excluding tert-OH is 1. The molecule has 0 fully saturated rings. The van der Waals surface area contributed by atoms with Crippen LogP contribution < -0.4 is 0 Å². The third-order valence-corrected chi connectivity index (χ3v) is 1.29. The van der Waals surface area contributed by atoms with Gasteiger partial charge in [-0.3, -0.25) is 0 Å². The second kappa shape index (κ2) is 2.33. The Hall–Kier alpha value is -0.600. The van der Waals surface area contributed by atoms with Gasteiger partial charge in [-0.15, -0.1) is 0 Å². The quantitative estimate of drug-likeness (QED) is 0.577. The van der Waals surface area contributed by atoms with Gasteiger partial charge in [0.05, 0.1) is 11.2 Å². The maximum absolute atomic E-state index is 11.8. The number of hydrogen-bond donors (Lipinski definition) is 1. The highest BCUT2D eigenvalue weighted by atomic mass is 19.3. The maximum atomic E-state index is 11.8. The van der Waals surface area contributed by atoms with Crippen LogP contribution in [0.25, 0.3) is 0 Å². The molecule has 3 heteroatoms. The molecule has 0 aliphatic carbocycles. The van der Waals surface area contributed by atoms with Gasteiger partial charge in [0.1, 0.15) is 0 Å². The largest absolute Gasteiger partial charge is 0.512 e. The standard InChI is InChI=1S/C6H10F2O/c1-4(9)6(2,3)5(7)8/h5,9H,1H2,2-3H3. The fourth-order valence-corrected chi connectivity index (χ4v) is 0.126. The van der Waals surface area contributed by atoms with Crippen molar-refractivity contribution in [2.75, 3.05) is 0 Å². The molecule has 0 unspecified atom stereocenters. The molecule has 0 amide bonds. The lowest BCUT2D eigenvalue weighted by Crippen LogP contribution is -2.23. The third kappa shape index (κ3) is 1.66. The highest BCUT2D eigenvalue weighted by Gasteiger charge is 2.32. The zero-order valence-electron chi connectivity index (χ0n) is 5.49. The van der Waals surface area contributed by atoms with Gasteiger partial charge in [-0.05, 0) is 13.8 Å². The van der Waals surface area contributed by atoms with Gasteiger partial charge >= 0.3 is 0 Å². The minimum atomic E-state index is -2.56. The highest BCUT2D eigenvalue weighted by molar-refractivity contribution is 4.97. The predicted molar refractivity (Wildman–Crippen MR) is 31.6 cm³/mol. The molecule has 0 bridgehead atoms. The van der Waals surface area contributed by atoms with Crippen molar-refractivity contribution in [3.05, 3.63) is 12.3 Å². The van der Waals surface area contributed by atoms with Crippen LogP contribution >= 0.6 is 0 Å². The Bertz CT molecular complexity index is 118. The molecule has 0 atom stereocenters. The highest BCUT2D eigenvalue weighted by Crippen LogP contribution is 2.30. The van der Waals surface area contributed by atoms with Gasteiger partial charge in [0.25, 0.3) is 6.43 Å². The van der Waals surface area contributed by atoms with E-state index in [9.17, 15) is 8.78 Å². The monoisotopic (exact) mass is 136 g/mol. The van der Waals surface area contributed by atoms with Gasteiger partial charge in [-0.2, -0.15) is 0 Å². The van der Waals surface area contributed by atoms with Crippen molar-refractivity contribution in [1.29, 1.82) is 0 Å². The fourth-order valence-electron chi connectivity index (χ4n) is 0.126. The number of aliphatic hydroxyl groups is 1. The van der Waals surface area contributed by atoms with Gasteiger partial charge in [0.2, 0.25) is 0 Å². The van der Waals surface area contributed by atoms with Crippen LogP contribution in [0.3, 0.4) is 0 Å². The molecular weight excluding hydrogens is 126 g/mol. The summed E-state index contributed by atoms with van der Waals surface area (Å²) in [7, 11) is 0. The summed E-state index contributed by atoms with van der Waals surface area (Å²) >= 11 is 0. The van der Waals surface area contributed by atoms with Gasteiger partial charge in [-0.25, -0.2) is 8.78 Å². The second-order valence-electron chi connectivity index (χ2n) is 2.47. The molecule has 0 saturated carbocycles. The van der Waals surface area contributed by atoms with E-state index >= 15 is 0 Å². The Labute approximate surface area is 53.0 Å². The molecule has 0 aromatic rings. The Morgan fingerprint density at radius 2 is 1.89 bits per heavy atom. The predicted octanol–water partition coefficient (Wildman–Crippen LogP) is 2.35. The van der Waals surface area contributed by atoms with Crippen LogP contribution in [0.4, 0.5) is 8.78 Å². The van der Waals surface area contributed by atoms with Crippen LogP contribution in [-0.2, 0) is 0 Å². The molecule has 0 heterocycles. The summed E-state index contributed by atoms with van der Waals surface area (Å²) in [5, 5.41) is 8.58. The molecule has 0 aromatic carbocycles. The molecule has 9 heavy (non-hydrogen) atoms. The zero-order valence-corrected chi connectivity index (χ0v) is 5.49. The summed E-state index contributed by atoms with van der Waals surface area (Å²) in [6.45, 7) is 5.50. The van der Waals surface area contributed by atoms with Crippen molar-refractivity contribution in [3.63, 3.8) is 0 Å². The molecule has 0 aliphatic rings. The Morgan fingerprint density at radius 1 is 1.56 bits per heavy atom. The van der Waals surface area contributed by atoms with Crippen LogP contribution in [0.2, 0.25) is 0 Å². The Balaban J connectivity index is 4.19. The molecule has 0 radical (unpaired) electrons. The summed E-state index contributed by atoms with van der Waals surface area (Å²) in [4.78, 5) is 0. The van der Waals surface area contributed by atoms with E-state index in [0.717, 1.165) is 0 Å². The lowest BCUT2D eigenvalue weighted by molar-refractivity contribution is 0.0188. The minimum Gasteiger partial charge on any atom is -0.512 e. The van der Waals surface area contributed by atoms with E-state index in [1.54, 1.807) is 0 Å². The van der Waals surface area contributed by atoms with Crippen LogP contribution in [0, 0.1) is 5.41 Å². The molecule has 0 saturated heterocycles. The number of allylic oxidation sites excluding steroid dienone is 1. The summed E-state index contributed by atoms with van der Waals surface area (Å²) in [5.74, 6) is -0.475. The van der Waals surface area contributed by atoms with Crippen molar-refractivity contribution in [2.24, 2.45) is 5.41 Å². The van der Waals surface area contributed by atoms with Crippen LogP contribution in [0.1, 0.15) is 13.8 Å². The van der Waals surface area contributed by atoms with E-state index in [4.69, 9.17) is 5.11 Å². The normalized spacial score (nSPS) is 12.1. The lowest BCUT2D eigenvalue weighted by atomic mass is 9.92. The van der Waals surface area contributed by atoms with Crippen LogP contribution in [-0.4, -0.2) is 11.5 Å². The summed E-state index contributed by atoms with van der Waals surface area (Å²) in [6.07, 6.45) is -2.56. The molecular formula is C6H10F2O. The number of alkyl halides is 2. The van der Waals surface area contributed by atoms with E-state index in [2.05, 4.69) is 6.58 Å². The fraction of sp³-hybridized carbons (Fsp3) is 0.667. The second-order valence-corrected chi connectivity index (χ2v) is 2.47. The molecule has 54 valence electrons. The zero-order chi connectivity index (χ0) is 7.65. The first-order valence-electron chi connectivity index (χ1n) is 2.55. The van der Waals surface area contributed by atoms with Crippen molar-refractivity contribution >= 4 is 0 Å². The first-order chi connectivity index (χ1) is 3.89. The van der Waals surface area contributed by atoms with Crippen molar-refractivity contribution in [1.82, 2.24) is 0 Å². The lowest BCUT2D eigenvalue weighted by Gasteiger charge is -2.21. The first kappa shape index (κ1) is 8.40. The molecule has 1 nitrogen and oxygen atoms in total. The summed E-state index contributed by atoms with van der Waals surface area (Å²) < 4.78 is 23.7. The van der Waals surface area contributed by atoms with Crippen molar-refractivity contribution < 1.29 is 13.9 Å². The van der Waals surface area contributed by atoms with Gasteiger partial charge < -0.3 is 5.11 Å². The smallest absolute Gasteiger partial charge is 0.250 e. The SMILES string of the molecule is C=C(O)C(C)(C)C(F)F. The summed E-state index contributed by atoms with van der Waals surface area (Å²) in [5.41, 5.74) is -1.47. The van der Waals surface area contributed by atoms with Crippen LogP contribution in [0.5, 0.6) is 0 Å². The van der Waals surface area contributed by atoms with E-state index in [0.29, 0.717) is 0 Å². The van der Waals surface area contributed by atoms with Gasteiger partial charge in [0.15, 0.2) is 0 Å². The van der Waals surface area contributed by atoms with E-state index in [1.165, 1.54) is 13.8 Å². The topological polar surface area (TPSA) is 20.2 Å². The average molecular weight is 136 g/mol. The van der Waals surface area contributed by atoms with E-state index in [1.807, 2.05) is 0 Å². The van der Waals surface area contributed by atoms with E-state index in [-0.39, 0.29) is 0 Å². The maximum Gasteiger partial charge on any atom is 0.250 e. The van der Waals surface area contributed by atoms with Crippen molar-refractivity contribution in [3.8, 4) is 0 Å². The molecule has 0 spiro atoms. The molecule has 1 N–H and O–H groups in total. The average Bonchev–Trinajstić information content (AvgIpc) is 1.65. The van der Waals surface area contributed by atoms with Crippen LogP contribution in [0.15, 0.2) is 12.3 Å². The van der Waals surface area contributed by atoms with Crippen molar-refractivity contribution in [2.45, 2.75) is 20.3 Å². The molecule has 0 aromatic heterocycles. The number of hydrogen-bond acceptors (Lipinski definition) is 1. The molecule has 0 aliphatic heterocycles. The Morgan fingerprint density at radius 3 is 1.89 bits per heavy atom. The molecule has 0 rings (SSSR count). The van der Waals surface area contributed by atoms with E-state index < -0.39 is 17.6 Å². The number of halogens is 2. The number of rotatable bonds is 2. The van der Waals surface area contributed by atoms with Gasteiger partial charge in [0, 0.05) is 0 Å². The van der Waals surface area contributed by atoms with Gasteiger partial charge in [-0.1, -0.05) is 6.58 Å². The minimum absolute atomic E-state index is 0.475. The third-order valence-electron chi connectivity index (χ3n) is 1.29. The summed E-state index contributed by atoms with van der Waals surface area (Å²) in [6, 6.07) is 0. The Kier molecular flexibility index (Phi) is 2.18.